The number of benzene rings is 13. The van der Waals surface area contributed by atoms with Crippen LogP contribution in [0.4, 0.5) is 17.1 Å². The molecule has 0 saturated carbocycles. The first-order valence-corrected chi connectivity index (χ1v) is 35.1. The minimum Gasteiger partial charge on any atom is -0.457 e. The van der Waals surface area contributed by atoms with E-state index in [2.05, 4.69) is 305 Å². The van der Waals surface area contributed by atoms with Gasteiger partial charge in [0.25, 0.3) is 0 Å². The van der Waals surface area contributed by atoms with Gasteiger partial charge in [0.05, 0.1) is 44.1 Å². The third kappa shape index (κ3) is 9.33. The fraction of sp³-hybridized carbons (Fsp3) is 0.179. The molecule has 0 amide bonds. The largest absolute Gasteiger partial charge is 0.457 e. The molecule has 0 N–H and O–H groups in total. The molecule has 5 heteroatoms. The van der Waals surface area contributed by atoms with Gasteiger partial charge in [0.1, 0.15) is 11.5 Å². The summed E-state index contributed by atoms with van der Waals surface area (Å²) in [7, 11) is 0. The van der Waals surface area contributed by atoms with Crippen molar-refractivity contribution in [2.45, 2.75) is 110 Å². The summed E-state index contributed by atoms with van der Waals surface area (Å²) in [6.07, 6.45) is 0. The molecule has 0 aliphatic carbocycles. The van der Waals surface area contributed by atoms with E-state index in [1.54, 1.807) is 4.57 Å². The summed E-state index contributed by atoms with van der Waals surface area (Å²) in [4.78, 5) is 2.46. The smallest absolute Gasteiger partial charge is 0.247 e. The van der Waals surface area contributed by atoms with Crippen molar-refractivity contribution < 1.29 is 15.7 Å². The van der Waals surface area contributed by atoms with Crippen LogP contribution in [0.25, 0.3) is 88.4 Å². The maximum atomic E-state index is 9.90. The number of fused-ring (bicyclic) bond motifs is 16. The minimum absolute atomic E-state index is 0.00891. The van der Waals surface area contributed by atoms with Crippen LogP contribution in [0.15, 0.2) is 279 Å². The van der Waals surface area contributed by atoms with Crippen molar-refractivity contribution in [3.05, 3.63) is 323 Å². The maximum absolute atomic E-state index is 9.90. The monoisotopic (exact) mass is 1300 g/mol. The quantitative estimate of drug-likeness (QED) is 0.155. The highest BCUT2D eigenvalue weighted by atomic mass is 16.5. The zero-order chi connectivity index (χ0) is 75.5. The Bertz CT molecular complexity index is 6100. The van der Waals surface area contributed by atoms with Crippen LogP contribution in [0.1, 0.15) is 139 Å². The SMILES string of the molecule is [2H]c1c([2H])c([2H])c2c(c1[2H])c1c([2H])c([2H])c([2H])c([2H])c1n2-c1ccc2c(c1)N(c1c(-c3ccccc3)cccc1-c1ccccc1)c1cc(-n3c4ccc(C(C)(C)C)cc4c4cc(C(C)(C)C)ccc43)cc3c1B2c1cc(-c2cc(C(C)(C)C)cc(C(C)(C)C)c2)ccc1C31c2ccccc2Oc2ccccc21. The van der Waals surface area contributed by atoms with Gasteiger partial charge in [-0.05, 0) is 161 Å². The van der Waals surface area contributed by atoms with Gasteiger partial charge in [0.2, 0.25) is 6.71 Å². The van der Waals surface area contributed by atoms with Crippen LogP contribution in [-0.4, -0.2) is 15.8 Å². The van der Waals surface area contributed by atoms with Crippen LogP contribution in [0, 0.1) is 0 Å². The summed E-state index contributed by atoms with van der Waals surface area (Å²) >= 11 is 0. The van der Waals surface area contributed by atoms with Gasteiger partial charge < -0.3 is 18.8 Å². The predicted molar refractivity (Wildman–Crippen MR) is 424 cm³/mol. The number of ether oxygens (including phenoxy) is 1. The molecule has 0 atom stereocenters. The van der Waals surface area contributed by atoms with E-state index in [1.165, 1.54) is 22.3 Å². The Balaban J connectivity index is 1.08. The van der Waals surface area contributed by atoms with Crippen molar-refractivity contribution in [2.75, 3.05) is 4.90 Å². The lowest BCUT2D eigenvalue weighted by atomic mass is 9.29. The molecule has 2 aromatic heterocycles. The lowest BCUT2D eigenvalue weighted by molar-refractivity contribution is 0.435. The van der Waals surface area contributed by atoms with Gasteiger partial charge in [-0.1, -0.05) is 295 Å². The van der Waals surface area contributed by atoms with Crippen LogP contribution in [-0.2, 0) is 27.1 Å². The van der Waals surface area contributed by atoms with Gasteiger partial charge in [0.15, 0.2) is 0 Å². The van der Waals surface area contributed by atoms with Crippen LogP contribution >= 0.6 is 0 Å². The Morgan fingerprint density at radius 2 is 0.840 bits per heavy atom. The normalized spacial score (nSPS) is 15.0. The highest BCUT2D eigenvalue weighted by Crippen LogP contribution is 2.59. The number of aromatic nitrogens is 2. The predicted octanol–water partition coefficient (Wildman–Crippen LogP) is 23.2. The van der Waals surface area contributed by atoms with Crippen LogP contribution in [0.2, 0.25) is 0 Å². The molecule has 3 aliphatic heterocycles. The van der Waals surface area contributed by atoms with E-state index in [9.17, 15) is 8.22 Å². The van der Waals surface area contributed by atoms with E-state index in [0.717, 1.165) is 128 Å². The van der Waals surface area contributed by atoms with E-state index in [0.29, 0.717) is 5.69 Å². The minimum atomic E-state index is -1.07. The Morgan fingerprint density at radius 3 is 1.38 bits per heavy atom. The van der Waals surface area contributed by atoms with E-state index in [4.69, 9.17) is 7.48 Å². The molecule has 0 fully saturated rings. The molecule has 100 heavy (non-hydrogen) atoms. The molecular weight excluding hydrogens is 1210 g/mol. The highest BCUT2D eigenvalue weighted by Gasteiger charge is 2.55. The zero-order valence-electron chi connectivity index (χ0n) is 66.8. The van der Waals surface area contributed by atoms with Crippen LogP contribution in [0.5, 0.6) is 11.5 Å². The molecule has 1 spiro atoms. The molecule has 15 aromatic rings. The van der Waals surface area contributed by atoms with Crippen molar-refractivity contribution >= 4 is 83.8 Å². The fourth-order valence-corrected chi connectivity index (χ4v) is 16.6. The maximum Gasteiger partial charge on any atom is 0.247 e. The highest BCUT2D eigenvalue weighted by molar-refractivity contribution is 6.99. The average Bonchev–Trinajstić information content (AvgIpc) is 0.729. The summed E-state index contributed by atoms with van der Waals surface area (Å²) in [5.41, 5.74) is 22.4. The topological polar surface area (TPSA) is 22.3 Å². The summed E-state index contributed by atoms with van der Waals surface area (Å²) in [6.45, 7) is 26.9. The molecule has 0 saturated heterocycles. The van der Waals surface area contributed by atoms with E-state index >= 15 is 0 Å². The second kappa shape index (κ2) is 22.1. The Labute approximate surface area is 600 Å². The van der Waals surface area contributed by atoms with E-state index in [-0.39, 0.29) is 55.6 Å². The molecular formula is C95H82BN3O. The Kier molecular flexibility index (Phi) is 11.7. The lowest BCUT2D eigenvalue weighted by Crippen LogP contribution is -2.65. The molecule has 0 unspecified atom stereocenters. The van der Waals surface area contributed by atoms with Crippen molar-refractivity contribution in [1.82, 2.24) is 9.13 Å². The van der Waals surface area contributed by atoms with Crippen molar-refractivity contribution in [3.8, 4) is 56.3 Å². The van der Waals surface area contributed by atoms with Gasteiger partial charge in [-0.3, -0.25) is 0 Å². The van der Waals surface area contributed by atoms with Gasteiger partial charge in [0, 0.05) is 66.5 Å². The number of hydrogen-bond acceptors (Lipinski definition) is 2. The second-order valence-corrected chi connectivity index (χ2v) is 31.9. The lowest BCUT2D eigenvalue weighted by Gasteiger charge is -2.50. The first-order valence-electron chi connectivity index (χ1n) is 39.1. The summed E-state index contributed by atoms with van der Waals surface area (Å²) in [6, 6.07) is 80.9. The molecule has 13 aromatic carbocycles. The Hall–Kier alpha value is -10.9. The van der Waals surface area contributed by atoms with Gasteiger partial charge in [-0.25, -0.2) is 0 Å². The van der Waals surface area contributed by atoms with Gasteiger partial charge in [-0.2, -0.15) is 0 Å². The molecule has 486 valence electrons. The third-order valence-corrected chi connectivity index (χ3v) is 21.7. The average molecular weight is 1300 g/mol. The molecule has 3 aliphatic rings. The number of hydrogen-bond donors (Lipinski definition) is 0. The summed E-state index contributed by atoms with van der Waals surface area (Å²) < 4.78 is 87.3. The van der Waals surface area contributed by atoms with Crippen molar-refractivity contribution in [3.63, 3.8) is 0 Å². The van der Waals surface area contributed by atoms with Crippen LogP contribution < -0.4 is 26.0 Å². The summed E-state index contributed by atoms with van der Waals surface area (Å²) in [5.74, 6) is 1.50. The molecule has 0 radical (unpaired) electrons. The molecule has 4 nitrogen and oxygen atoms in total. The number of anilines is 3. The van der Waals surface area contributed by atoms with E-state index in [1.807, 2.05) is 18.2 Å². The number of nitrogens with zero attached hydrogens (tertiary/aromatic N) is 3. The molecule has 5 heterocycles. The standard InChI is InChI=1S/C95H82BN3O/c1-91(2,3)63-43-48-83-73(54-63)74-55-64(92(4,5)6)44-49-84(74)98(83)68-56-78-89-86(58-68)99(90-69(59-28-15-13-16-29-59)34-27-35-70(90)60-30-17-14-18-31-60)85-57-67(97-81-38-23-19-32-71(81)72-33-20-24-39-82(72)97)45-47-79(85)96(89)80-52-61(62-50-65(93(7,8)9)53-66(51-62)94(10,11)12)42-46-75(80)95(78)76-36-21-25-40-87(76)100-88-41-26-22-37-77(88)95/h13-58H,1-12H3/i19D,20D,23D,24D,32D,33D,38D,39D. The second-order valence-electron chi connectivity index (χ2n) is 31.9. The zero-order valence-corrected chi connectivity index (χ0v) is 58.8. The first kappa shape index (κ1) is 53.1. The van der Waals surface area contributed by atoms with Crippen LogP contribution in [0.3, 0.4) is 0 Å². The number of para-hydroxylation sites is 5. The van der Waals surface area contributed by atoms with Crippen molar-refractivity contribution in [1.29, 1.82) is 0 Å². The van der Waals surface area contributed by atoms with Crippen molar-refractivity contribution in [2.24, 2.45) is 0 Å². The number of rotatable bonds is 6. The first-order chi connectivity index (χ1) is 51.4. The molecule has 18 rings (SSSR count). The van der Waals surface area contributed by atoms with Gasteiger partial charge in [-0.15, -0.1) is 0 Å². The Morgan fingerprint density at radius 1 is 0.340 bits per heavy atom. The molecule has 0 bridgehead atoms. The van der Waals surface area contributed by atoms with E-state index < -0.39 is 48.4 Å². The third-order valence-electron chi connectivity index (χ3n) is 21.7. The summed E-state index contributed by atoms with van der Waals surface area (Å²) in [5, 5.41) is 2.30. The fourth-order valence-electron chi connectivity index (χ4n) is 16.6. The van der Waals surface area contributed by atoms with Gasteiger partial charge >= 0.3 is 0 Å².